The zero-order chi connectivity index (χ0) is 21.5. The maximum atomic E-state index is 2.42. The Kier molecular flexibility index (Phi) is 4.80. The Hall–Kier alpha value is -3.37. The minimum absolute atomic E-state index is 1.21. The number of nitrogens with zero attached hydrogens (tertiary/aromatic N) is 1. The maximum absolute atomic E-state index is 2.42. The fourth-order valence-electron chi connectivity index (χ4n) is 4.52. The van der Waals surface area contributed by atoms with Crippen molar-refractivity contribution in [2.75, 3.05) is 0 Å². The molecule has 5 aromatic carbocycles. The summed E-state index contributed by atoms with van der Waals surface area (Å²) < 4.78 is 3.66. The summed E-state index contributed by atoms with van der Waals surface area (Å²) in [5, 5.41) is 3.74. The van der Waals surface area contributed by atoms with Crippen LogP contribution in [0.25, 0.3) is 49.7 Å². The van der Waals surface area contributed by atoms with Gasteiger partial charge in [-0.05, 0) is 81.1 Å². The zero-order valence-corrected chi connectivity index (χ0v) is 19.5. The molecule has 0 saturated carbocycles. The lowest BCUT2D eigenvalue weighted by Gasteiger charge is -2.16. The molecule has 1 aromatic heterocycles. The fourth-order valence-corrected chi connectivity index (χ4v) is 4.88. The molecule has 1 nitrogen and oxygen atoms in total. The molecule has 0 fully saturated rings. The summed E-state index contributed by atoms with van der Waals surface area (Å²) in [6.45, 7) is 0. The van der Waals surface area contributed by atoms with Crippen molar-refractivity contribution >= 4 is 44.3 Å². The number of hydrogen-bond acceptors (Lipinski definition) is 0. The Balaban J connectivity index is 1.72. The number of aromatic nitrogens is 1. The van der Waals surface area contributed by atoms with E-state index in [0.29, 0.717) is 0 Å². The molecule has 2 heteroatoms. The molecular formula is C30H20IN. The molecule has 0 atom stereocenters. The van der Waals surface area contributed by atoms with E-state index < -0.39 is 0 Å². The van der Waals surface area contributed by atoms with Gasteiger partial charge in [0, 0.05) is 14.3 Å². The van der Waals surface area contributed by atoms with Crippen LogP contribution < -0.4 is 0 Å². The Labute approximate surface area is 201 Å². The van der Waals surface area contributed by atoms with Gasteiger partial charge >= 0.3 is 0 Å². The second kappa shape index (κ2) is 7.95. The first kappa shape index (κ1) is 19.3. The second-order valence-electron chi connectivity index (χ2n) is 8.01. The van der Waals surface area contributed by atoms with E-state index in [1.165, 1.54) is 53.3 Å². The van der Waals surface area contributed by atoms with Crippen LogP contribution in [0.4, 0.5) is 0 Å². The molecule has 0 amide bonds. The van der Waals surface area contributed by atoms with Crippen molar-refractivity contribution < 1.29 is 0 Å². The predicted molar refractivity (Wildman–Crippen MR) is 144 cm³/mol. The predicted octanol–water partition coefficient (Wildman–Crippen LogP) is 8.72. The van der Waals surface area contributed by atoms with Gasteiger partial charge in [-0.1, -0.05) is 84.9 Å². The number of fused-ring (bicyclic) bond motifs is 2. The lowest BCUT2D eigenvalue weighted by atomic mass is 9.99. The molecule has 0 spiro atoms. The molecule has 152 valence electrons. The SMILES string of the molecule is Ic1ccc(-c2cc3ccccc3n2-c2cc(-c3ccccc3)cc3ccccc23)cc1. The molecule has 0 unspecified atom stereocenters. The van der Waals surface area contributed by atoms with Gasteiger partial charge in [0.15, 0.2) is 0 Å². The van der Waals surface area contributed by atoms with Crippen molar-refractivity contribution in [2.24, 2.45) is 0 Å². The third-order valence-electron chi connectivity index (χ3n) is 6.04. The topological polar surface area (TPSA) is 4.93 Å². The number of benzene rings is 5. The molecule has 0 bridgehead atoms. The smallest absolute Gasteiger partial charge is 0.0546 e. The van der Waals surface area contributed by atoms with Gasteiger partial charge in [0.25, 0.3) is 0 Å². The first-order chi connectivity index (χ1) is 15.8. The van der Waals surface area contributed by atoms with Gasteiger partial charge in [-0.3, -0.25) is 0 Å². The molecule has 1 heterocycles. The standard InChI is InChI=1S/C30H20IN/c31-26-16-14-22(15-17-26)29-19-24-11-5-7-13-28(24)32(29)30-20-25(21-8-2-1-3-9-21)18-23-10-4-6-12-27(23)30/h1-20H. The van der Waals surface area contributed by atoms with Crippen LogP contribution >= 0.6 is 22.6 Å². The van der Waals surface area contributed by atoms with Gasteiger partial charge in [0.1, 0.15) is 0 Å². The summed E-state index contributed by atoms with van der Waals surface area (Å²) in [5.41, 5.74) is 7.30. The lowest BCUT2D eigenvalue weighted by molar-refractivity contribution is 1.15. The summed E-state index contributed by atoms with van der Waals surface area (Å²) in [6.07, 6.45) is 0. The highest BCUT2D eigenvalue weighted by molar-refractivity contribution is 14.1. The Morgan fingerprint density at radius 3 is 2.00 bits per heavy atom. The molecule has 0 aliphatic rings. The molecule has 0 aliphatic carbocycles. The van der Waals surface area contributed by atoms with E-state index in [-0.39, 0.29) is 0 Å². The average Bonchev–Trinajstić information content (AvgIpc) is 3.24. The second-order valence-corrected chi connectivity index (χ2v) is 9.26. The minimum Gasteiger partial charge on any atom is -0.309 e. The van der Waals surface area contributed by atoms with Crippen molar-refractivity contribution in [1.29, 1.82) is 0 Å². The van der Waals surface area contributed by atoms with Gasteiger partial charge in [-0.15, -0.1) is 0 Å². The highest BCUT2D eigenvalue weighted by atomic mass is 127. The largest absolute Gasteiger partial charge is 0.309 e. The molecule has 6 aromatic rings. The van der Waals surface area contributed by atoms with E-state index >= 15 is 0 Å². The molecule has 0 aliphatic heterocycles. The summed E-state index contributed by atoms with van der Waals surface area (Å²) in [6, 6.07) is 43.7. The molecule has 0 N–H and O–H groups in total. The third kappa shape index (κ3) is 3.32. The van der Waals surface area contributed by atoms with Gasteiger partial charge in [-0.25, -0.2) is 0 Å². The monoisotopic (exact) mass is 521 g/mol. The Morgan fingerprint density at radius 1 is 0.500 bits per heavy atom. The quantitative estimate of drug-likeness (QED) is 0.205. The maximum Gasteiger partial charge on any atom is 0.0546 e. The van der Waals surface area contributed by atoms with Crippen LogP contribution in [-0.4, -0.2) is 4.57 Å². The van der Waals surface area contributed by atoms with Gasteiger partial charge < -0.3 is 4.57 Å². The first-order valence-electron chi connectivity index (χ1n) is 10.7. The highest BCUT2D eigenvalue weighted by Gasteiger charge is 2.16. The number of halogens is 1. The highest BCUT2D eigenvalue weighted by Crippen LogP contribution is 2.37. The van der Waals surface area contributed by atoms with E-state index in [9.17, 15) is 0 Å². The summed E-state index contributed by atoms with van der Waals surface area (Å²) in [7, 11) is 0. The van der Waals surface area contributed by atoms with Crippen molar-refractivity contribution in [3.63, 3.8) is 0 Å². The van der Waals surface area contributed by atoms with Crippen LogP contribution in [0.1, 0.15) is 0 Å². The fraction of sp³-hybridized carbons (Fsp3) is 0. The third-order valence-corrected chi connectivity index (χ3v) is 6.76. The van der Waals surface area contributed by atoms with E-state index in [4.69, 9.17) is 0 Å². The van der Waals surface area contributed by atoms with Crippen LogP contribution in [0.3, 0.4) is 0 Å². The van der Waals surface area contributed by atoms with Crippen molar-refractivity contribution in [3.05, 3.63) is 125 Å². The average molecular weight is 521 g/mol. The van der Waals surface area contributed by atoms with Crippen LogP contribution in [0.15, 0.2) is 121 Å². The van der Waals surface area contributed by atoms with Crippen LogP contribution in [-0.2, 0) is 0 Å². The van der Waals surface area contributed by atoms with Gasteiger partial charge in [0.2, 0.25) is 0 Å². The van der Waals surface area contributed by atoms with E-state index in [1.807, 2.05) is 0 Å². The summed E-state index contributed by atoms with van der Waals surface area (Å²) in [5.74, 6) is 0. The number of hydrogen-bond donors (Lipinski definition) is 0. The summed E-state index contributed by atoms with van der Waals surface area (Å²) >= 11 is 2.37. The first-order valence-corrected chi connectivity index (χ1v) is 11.8. The Bertz CT molecular complexity index is 1560. The van der Waals surface area contributed by atoms with Gasteiger partial charge in [0.05, 0.1) is 16.9 Å². The van der Waals surface area contributed by atoms with Crippen LogP contribution in [0.5, 0.6) is 0 Å². The van der Waals surface area contributed by atoms with Crippen molar-refractivity contribution in [1.82, 2.24) is 4.57 Å². The zero-order valence-electron chi connectivity index (χ0n) is 17.4. The minimum atomic E-state index is 1.21. The Morgan fingerprint density at radius 2 is 1.19 bits per heavy atom. The molecular weight excluding hydrogens is 501 g/mol. The molecule has 32 heavy (non-hydrogen) atoms. The van der Waals surface area contributed by atoms with Gasteiger partial charge in [-0.2, -0.15) is 0 Å². The summed E-state index contributed by atoms with van der Waals surface area (Å²) in [4.78, 5) is 0. The molecule has 6 rings (SSSR count). The van der Waals surface area contributed by atoms with Crippen LogP contribution in [0, 0.1) is 3.57 Å². The normalized spacial score (nSPS) is 11.3. The number of rotatable bonds is 3. The molecule has 0 radical (unpaired) electrons. The van der Waals surface area contributed by atoms with Crippen molar-refractivity contribution in [2.45, 2.75) is 0 Å². The van der Waals surface area contributed by atoms with E-state index in [1.54, 1.807) is 0 Å². The van der Waals surface area contributed by atoms with E-state index in [2.05, 4.69) is 148 Å². The molecule has 0 saturated heterocycles. The van der Waals surface area contributed by atoms with Crippen LogP contribution in [0.2, 0.25) is 0 Å². The number of para-hydroxylation sites is 1. The van der Waals surface area contributed by atoms with Crippen molar-refractivity contribution in [3.8, 4) is 28.1 Å². The lowest BCUT2D eigenvalue weighted by Crippen LogP contribution is -1.99. The van der Waals surface area contributed by atoms with E-state index in [0.717, 1.165) is 0 Å².